The molecule has 1 aromatic rings. The van der Waals surface area contributed by atoms with Gasteiger partial charge in [0.1, 0.15) is 13.2 Å². The average molecular weight is 487 g/mol. The number of ether oxygens (including phenoxy) is 3. The number of likely N-dealkylation sites (tertiary alicyclic amines) is 1. The minimum Gasteiger partial charge on any atom is -0.486 e. The summed E-state index contributed by atoms with van der Waals surface area (Å²) in [6, 6.07) is 6.59. The smallest absolute Gasteiger partial charge is 0.161 e. The molecule has 0 spiro atoms. The van der Waals surface area contributed by atoms with E-state index in [1.165, 1.54) is 42.8 Å². The van der Waals surface area contributed by atoms with Gasteiger partial charge in [0, 0.05) is 30.3 Å². The molecule has 1 saturated heterocycles. The summed E-state index contributed by atoms with van der Waals surface area (Å²) in [6.07, 6.45) is 10.8. The van der Waals surface area contributed by atoms with E-state index in [-0.39, 0.29) is 18.1 Å². The lowest BCUT2D eigenvalue weighted by Gasteiger charge is -2.25. The van der Waals surface area contributed by atoms with Crippen molar-refractivity contribution in [3.63, 3.8) is 0 Å². The van der Waals surface area contributed by atoms with E-state index < -0.39 is 0 Å². The molecule has 3 aliphatic rings. The van der Waals surface area contributed by atoms with E-state index >= 15 is 0 Å². The Morgan fingerprint density at radius 1 is 1.21 bits per heavy atom. The second-order valence-electron chi connectivity index (χ2n) is 9.68. The van der Waals surface area contributed by atoms with Crippen LogP contribution in [0, 0.1) is 5.92 Å². The summed E-state index contributed by atoms with van der Waals surface area (Å²) in [7, 11) is 1.72. The lowest BCUT2D eigenvalue weighted by Crippen LogP contribution is -2.31. The summed E-state index contributed by atoms with van der Waals surface area (Å²) >= 11 is 6.48. The number of methoxy groups -OCH3 is 1. The molecule has 3 atom stereocenters. The maximum atomic E-state index is 6.48. The first-order valence-electron chi connectivity index (χ1n) is 12.8. The third-order valence-corrected chi connectivity index (χ3v) is 7.35. The van der Waals surface area contributed by atoms with Crippen LogP contribution in [0.2, 0.25) is 0 Å². The van der Waals surface area contributed by atoms with Gasteiger partial charge >= 0.3 is 0 Å². The zero-order chi connectivity index (χ0) is 23.9. The van der Waals surface area contributed by atoms with Gasteiger partial charge in [-0.25, -0.2) is 0 Å². The van der Waals surface area contributed by atoms with E-state index in [1.807, 2.05) is 6.07 Å². The summed E-state index contributed by atoms with van der Waals surface area (Å²) in [4.78, 5) is 7.88. The molecule has 1 fully saturated rings. The van der Waals surface area contributed by atoms with E-state index in [9.17, 15) is 0 Å². The quantitative estimate of drug-likeness (QED) is 0.391. The van der Waals surface area contributed by atoms with Gasteiger partial charge in [-0.05, 0) is 75.4 Å². The number of nitrogens with zero attached hydrogens (tertiary/aromatic N) is 2. The summed E-state index contributed by atoms with van der Waals surface area (Å²) in [5.74, 6) is 2.00. The van der Waals surface area contributed by atoms with Crippen molar-refractivity contribution in [2.75, 3.05) is 40.0 Å². The molecular weight excluding hydrogens is 448 g/mol. The number of halogens is 1. The van der Waals surface area contributed by atoms with Gasteiger partial charge in [-0.3, -0.25) is 4.99 Å². The number of aliphatic imine (C=N–C) groups is 1. The van der Waals surface area contributed by atoms with Crippen LogP contribution < -0.4 is 9.47 Å². The molecule has 6 heteroatoms. The minimum atomic E-state index is -0.0273. The fourth-order valence-corrected chi connectivity index (χ4v) is 5.67. The normalized spacial score (nSPS) is 24.1. The molecule has 0 saturated carbocycles. The molecule has 0 aromatic heterocycles. The molecule has 5 nitrogen and oxygen atoms in total. The molecule has 0 bridgehead atoms. The average Bonchev–Trinajstić information content (AvgIpc) is 3.34. The summed E-state index contributed by atoms with van der Waals surface area (Å²) in [6.45, 7) is 9.00. The van der Waals surface area contributed by atoms with E-state index in [0.29, 0.717) is 13.2 Å². The molecule has 186 valence electrons. The lowest BCUT2D eigenvalue weighted by atomic mass is 9.92. The Hall–Kier alpha value is -1.82. The minimum absolute atomic E-state index is 0.0273. The van der Waals surface area contributed by atoms with Crippen molar-refractivity contribution in [1.82, 2.24) is 4.90 Å². The first-order chi connectivity index (χ1) is 16.6. The standard InChI is InChI=1S/C28H39ClN2O3/c1-4-23(9-7-21-15-20(2)28(32-3)25(29)17-21)30-24(19-31-11-5-6-12-31)16-22-8-10-26-27(18-22)34-14-13-33-26/h8,10,15,17-18,20,24,28H,4-7,9,11-14,16,19H2,1-3H3. The van der Waals surface area contributed by atoms with Gasteiger partial charge in [-0.1, -0.05) is 43.2 Å². The first kappa shape index (κ1) is 25.3. The van der Waals surface area contributed by atoms with Crippen molar-refractivity contribution in [3.05, 3.63) is 46.5 Å². The number of rotatable bonds is 10. The molecule has 0 N–H and O–H groups in total. The molecular formula is C28H39ClN2O3. The Kier molecular flexibility index (Phi) is 9.10. The van der Waals surface area contributed by atoms with Crippen molar-refractivity contribution in [1.29, 1.82) is 0 Å². The fraction of sp³-hybridized carbons (Fsp3) is 0.607. The fourth-order valence-electron chi connectivity index (χ4n) is 5.25. The van der Waals surface area contributed by atoms with Crippen LogP contribution in [0.4, 0.5) is 0 Å². The Morgan fingerprint density at radius 2 is 1.97 bits per heavy atom. The number of hydrogen-bond donors (Lipinski definition) is 0. The summed E-state index contributed by atoms with van der Waals surface area (Å²) in [5, 5.41) is 0.799. The molecule has 4 rings (SSSR count). The molecule has 2 heterocycles. The topological polar surface area (TPSA) is 43.3 Å². The number of fused-ring (bicyclic) bond motifs is 1. The van der Waals surface area contributed by atoms with Crippen molar-refractivity contribution in [2.24, 2.45) is 10.9 Å². The third-order valence-electron chi connectivity index (χ3n) is 7.02. The van der Waals surface area contributed by atoms with Crippen LogP contribution >= 0.6 is 11.6 Å². The number of allylic oxidation sites excluding steroid dienone is 2. The maximum Gasteiger partial charge on any atom is 0.161 e. The van der Waals surface area contributed by atoms with Crippen LogP contribution in [0.25, 0.3) is 0 Å². The van der Waals surface area contributed by atoms with E-state index in [4.69, 9.17) is 30.8 Å². The summed E-state index contributed by atoms with van der Waals surface area (Å²) in [5.41, 5.74) is 3.83. The van der Waals surface area contributed by atoms with Crippen molar-refractivity contribution in [2.45, 2.75) is 64.5 Å². The van der Waals surface area contributed by atoms with Crippen LogP contribution in [0.15, 0.2) is 45.9 Å². The lowest BCUT2D eigenvalue weighted by molar-refractivity contribution is 0.107. The largest absolute Gasteiger partial charge is 0.486 e. The number of hydrogen-bond acceptors (Lipinski definition) is 5. The van der Waals surface area contributed by atoms with Crippen LogP contribution in [-0.4, -0.2) is 62.7 Å². The Morgan fingerprint density at radius 3 is 2.68 bits per heavy atom. The second kappa shape index (κ2) is 12.2. The zero-order valence-corrected chi connectivity index (χ0v) is 21.7. The highest BCUT2D eigenvalue weighted by molar-refractivity contribution is 6.30. The highest BCUT2D eigenvalue weighted by atomic mass is 35.5. The Bertz CT molecular complexity index is 920. The van der Waals surface area contributed by atoms with Crippen molar-refractivity contribution < 1.29 is 14.2 Å². The molecule has 3 unspecified atom stereocenters. The molecule has 0 amide bonds. The van der Waals surface area contributed by atoms with Crippen molar-refractivity contribution >= 4 is 17.3 Å². The van der Waals surface area contributed by atoms with Gasteiger partial charge in [0.15, 0.2) is 11.5 Å². The van der Waals surface area contributed by atoms with Crippen LogP contribution in [-0.2, 0) is 11.2 Å². The van der Waals surface area contributed by atoms with Crippen molar-refractivity contribution in [3.8, 4) is 11.5 Å². The van der Waals surface area contributed by atoms with Crippen LogP contribution in [0.1, 0.15) is 51.5 Å². The zero-order valence-electron chi connectivity index (χ0n) is 20.9. The predicted molar refractivity (Wildman–Crippen MR) is 140 cm³/mol. The molecule has 1 aromatic carbocycles. The summed E-state index contributed by atoms with van der Waals surface area (Å²) < 4.78 is 17.0. The van der Waals surface area contributed by atoms with Gasteiger partial charge in [0.05, 0.1) is 12.1 Å². The molecule has 0 radical (unpaired) electrons. The van der Waals surface area contributed by atoms with Gasteiger partial charge in [0.2, 0.25) is 0 Å². The van der Waals surface area contributed by atoms with Gasteiger partial charge < -0.3 is 19.1 Å². The van der Waals surface area contributed by atoms with E-state index in [2.05, 4.69) is 43.0 Å². The second-order valence-corrected chi connectivity index (χ2v) is 10.1. The Balaban J connectivity index is 1.45. The maximum absolute atomic E-state index is 6.48. The van der Waals surface area contributed by atoms with E-state index in [1.54, 1.807) is 7.11 Å². The molecule has 34 heavy (non-hydrogen) atoms. The highest BCUT2D eigenvalue weighted by Crippen LogP contribution is 2.32. The van der Waals surface area contributed by atoms with E-state index in [0.717, 1.165) is 48.8 Å². The predicted octanol–water partition coefficient (Wildman–Crippen LogP) is 5.81. The van der Waals surface area contributed by atoms with Gasteiger partial charge in [0.25, 0.3) is 0 Å². The first-order valence-corrected chi connectivity index (χ1v) is 13.2. The molecule has 1 aliphatic carbocycles. The van der Waals surface area contributed by atoms with Gasteiger partial charge in [-0.2, -0.15) is 0 Å². The number of benzene rings is 1. The Labute approximate surface area is 209 Å². The van der Waals surface area contributed by atoms with Gasteiger partial charge in [-0.15, -0.1) is 0 Å². The highest BCUT2D eigenvalue weighted by Gasteiger charge is 2.23. The van der Waals surface area contributed by atoms with Crippen LogP contribution in [0.3, 0.4) is 0 Å². The third kappa shape index (κ3) is 6.65. The molecule has 2 aliphatic heterocycles. The SMILES string of the molecule is CCC(CCC1=CC(C)C(OC)C(Cl)=C1)=NC(Cc1ccc2c(c1)OCCO2)CN1CCCC1. The van der Waals surface area contributed by atoms with Crippen LogP contribution in [0.5, 0.6) is 11.5 Å². The monoisotopic (exact) mass is 486 g/mol.